The van der Waals surface area contributed by atoms with Crippen LogP contribution in [0.2, 0.25) is 10.0 Å². The molecule has 0 radical (unpaired) electrons. The van der Waals surface area contributed by atoms with Crippen LogP contribution in [0.5, 0.6) is 5.75 Å². The molecule has 0 spiro atoms. The van der Waals surface area contributed by atoms with Crippen molar-refractivity contribution in [2.45, 2.75) is 6.04 Å². The molecular formula is C23H16Cl2N2O4. The number of anilines is 1. The number of aliphatic hydroxyl groups excluding tert-OH is 1. The van der Waals surface area contributed by atoms with E-state index < -0.39 is 17.7 Å². The summed E-state index contributed by atoms with van der Waals surface area (Å²) >= 11 is 12.3. The largest absolute Gasteiger partial charge is 0.507 e. The van der Waals surface area contributed by atoms with E-state index in [0.717, 1.165) is 0 Å². The van der Waals surface area contributed by atoms with Crippen LogP contribution in [0.15, 0.2) is 72.4 Å². The molecule has 6 nitrogen and oxygen atoms in total. The number of aliphatic hydroxyl groups is 1. The van der Waals surface area contributed by atoms with E-state index in [1.54, 1.807) is 60.7 Å². The molecule has 156 valence electrons. The number of Topliss-reactive ketones (excluding diaryl/α,β-unsaturated/α-hetero) is 1. The number of pyridine rings is 1. The highest BCUT2D eigenvalue weighted by atomic mass is 35.5. The summed E-state index contributed by atoms with van der Waals surface area (Å²) in [5.41, 5.74) is 0.759. The second-order valence-corrected chi connectivity index (χ2v) is 7.58. The number of carbonyl (C=O) groups excluding carboxylic acids is 2. The second-order valence-electron chi connectivity index (χ2n) is 6.76. The molecule has 0 aliphatic carbocycles. The lowest BCUT2D eigenvalue weighted by Crippen LogP contribution is -2.30. The maximum absolute atomic E-state index is 13.1. The van der Waals surface area contributed by atoms with Crippen molar-refractivity contribution in [2.75, 3.05) is 12.0 Å². The molecule has 2 heterocycles. The van der Waals surface area contributed by atoms with Gasteiger partial charge in [-0.25, -0.2) is 4.98 Å². The maximum atomic E-state index is 13.1. The molecule has 1 atom stereocenters. The number of methoxy groups -OCH3 is 1. The van der Waals surface area contributed by atoms with Crippen LogP contribution in [0.4, 0.5) is 5.82 Å². The number of rotatable bonds is 4. The lowest BCUT2D eigenvalue weighted by Gasteiger charge is -2.24. The zero-order chi connectivity index (χ0) is 22.1. The van der Waals surface area contributed by atoms with E-state index in [0.29, 0.717) is 21.9 Å². The van der Waals surface area contributed by atoms with Crippen molar-refractivity contribution in [3.8, 4) is 5.75 Å². The smallest absolute Gasteiger partial charge is 0.301 e. The van der Waals surface area contributed by atoms with Crippen LogP contribution in [0.3, 0.4) is 0 Å². The van der Waals surface area contributed by atoms with Gasteiger partial charge in [0.05, 0.1) is 28.8 Å². The zero-order valence-electron chi connectivity index (χ0n) is 16.3. The first-order valence-corrected chi connectivity index (χ1v) is 9.99. The predicted molar refractivity (Wildman–Crippen MR) is 118 cm³/mol. The molecule has 1 aliphatic rings. The molecule has 8 heteroatoms. The summed E-state index contributed by atoms with van der Waals surface area (Å²) in [5.74, 6) is -1.20. The van der Waals surface area contributed by atoms with Crippen LogP contribution in [0.25, 0.3) is 5.76 Å². The van der Waals surface area contributed by atoms with Gasteiger partial charge in [0.15, 0.2) is 0 Å². The predicted octanol–water partition coefficient (Wildman–Crippen LogP) is 5.02. The Balaban J connectivity index is 1.96. The summed E-state index contributed by atoms with van der Waals surface area (Å²) in [6.07, 6.45) is 1.52. The Morgan fingerprint density at radius 1 is 1.03 bits per heavy atom. The standard InChI is InChI=1S/C23H16Cl2N2O4/c1-31-15-6-4-5-14(11-15)21(28)19-20(13-8-9-16(24)17(25)12-13)27(23(30)22(19)29)18-7-2-3-10-26-18/h2-12,20,28H,1H3. The molecule has 1 fully saturated rings. The van der Waals surface area contributed by atoms with E-state index in [2.05, 4.69) is 4.98 Å². The Bertz CT molecular complexity index is 1210. The fraction of sp³-hybridized carbons (Fsp3) is 0.0870. The average molecular weight is 455 g/mol. The van der Waals surface area contributed by atoms with Gasteiger partial charge in [0.2, 0.25) is 0 Å². The van der Waals surface area contributed by atoms with Crippen LogP contribution in [-0.2, 0) is 9.59 Å². The Morgan fingerprint density at radius 3 is 2.52 bits per heavy atom. The highest BCUT2D eigenvalue weighted by Gasteiger charge is 2.47. The molecule has 1 saturated heterocycles. The lowest BCUT2D eigenvalue weighted by molar-refractivity contribution is -0.132. The van der Waals surface area contributed by atoms with E-state index in [9.17, 15) is 14.7 Å². The summed E-state index contributed by atoms with van der Waals surface area (Å²) in [4.78, 5) is 31.6. The molecular weight excluding hydrogens is 439 g/mol. The number of hydrogen-bond donors (Lipinski definition) is 1. The van der Waals surface area contributed by atoms with Crippen molar-refractivity contribution in [1.29, 1.82) is 0 Å². The van der Waals surface area contributed by atoms with Crippen LogP contribution in [-0.4, -0.2) is 28.9 Å². The molecule has 4 rings (SSSR count). The van der Waals surface area contributed by atoms with Crippen molar-refractivity contribution in [2.24, 2.45) is 0 Å². The van der Waals surface area contributed by atoms with Gasteiger partial charge >= 0.3 is 5.91 Å². The van der Waals surface area contributed by atoms with Gasteiger partial charge in [-0.2, -0.15) is 0 Å². The minimum Gasteiger partial charge on any atom is -0.507 e. The Labute approximate surface area is 188 Å². The van der Waals surface area contributed by atoms with Gasteiger partial charge in [0.25, 0.3) is 5.78 Å². The van der Waals surface area contributed by atoms with E-state index in [-0.39, 0.29) is 22.2 Å². The topological polar surface area (TPSA) is 79.7 Å². The number of ether oxygens (including phenoxy) is 1. The van der Waals surface area contributed by atoms with Crippen LogP contribution < -0.4 is 9.64 Å². The minimum atomic E-state index is -0.948. The number of aromatic nitrogens is 1. The SMILES string of the molecule is COc1cccc(C(O)=C2C(=O)C(=O)N(c3ccccn3)C2c2ccc(Cl)c(Cl)c2)c1. The van der Waals surface area contributed by atoms with Crippen molar-refractivity contribution in [1.82, 2.24) is 4.98 Å². The third-order valence-corrected chi connectivity index (χ3v) is 5.68. The number of benzene rings is 2. The number of carbonyl (C=O) groups is 2. The molecule has 2 aromatic carbocycles. The molecule has 1 unspecified atom stereocenters. The molecule has 31 heavy (non-hydrogen) atoms. The Morgan fingerprint density at radius 2 is 1.84 bits per heavy atom. The number of nitrogens with zero attached hydrogens (tertiary/aromatic N) is 2. The van der Waals surface area contributed by atoms with Crippen LogP contribution >= 0.6 is 23.2 Å². The quantitative estimate of drug-likeness (QED) is 0.340. The second kappa shape index (κ2) is 8.41. The minimum absolute atomic E-state index is 0.0812. The van der Waals surface area contributed by atoms with E-state index in [1.807, 2.05) is 0 Å². The van der Waals surface area contributed by atoms with E-state index in [4.69, 9.17) is 27.9 Å². The van der Waals surface area contributed by atoms with Gasteiger partial charge in [-0.15, -0.1) is 0 Å². The monoisotopic (exact) mass is 454 g/mol. The fourth-order valence-electron chi connectivity index (χ4n) is 3.49. The number of ketones is 1. The van der Waals surface area contributed by atoms with Crippen LogP contribution in [0, 0.1) is 0 Å². The molecule has 1 N–H and O–H groups in total. The third kappa shape index (κ3) is 3.76. The van der Waals surface area contributed by atoms with Crippen molar-refractivity contribution >= 4 is 46.5 Å². The molecule has 3 aromatic rings. The molecule has 1 aliphatic heterocycles. The third-order valence-electron chi connectivity index (χ3n) is 4.94. The van der Waals surface area contributed by atoms with Crippen molar-refractivity contribution in [3.63, 3.8) is 0 Å². The number of amides is 1. The molecule has 1 aromatic heterocycles. The van der Waals surface area contributed by atoms with Crippen molar-refractivity contribution in [3.05, 3.63) is 93.6 Å². The Kier molecular flexibility index (Phi) is 5.67. The van der Waals surface area contributed by atoms with Gasteiger partial charge in [-0.05, 0) is 42.0 Å². The average Bonchev–Trinajstić information content (AvgIpc) is 3.06. The number of halogens is 2. The fourth-order valence-corrected chi connectivity index (χ4v) is 3.80. The van der Waals surface area contributed by atoms with E-state index >= 15 is 0 Å². The first kappa shape index (κ1) is 20.9. The summed E-state index contributed by atoms with van der Waals surface area (Å²) in [7, 11) is 1.49. The first-order valence-electron chi connectivity index (χ1n) is 9.23. The molecule has 0 saturated carbocycles. The number of hydrogen-bond acceptors (Lipinski definition) is 5. The van der Waals surface area contributed by atoms with Crippen molar-refractivity contribution < 1.29 is 19.4 Å². The first-order chi connectivity index (χ1) is 14.9. The normalized spacial score (nSPS) is 17.8. The van der Waals surface area contributed by atoms with E-state index in [1.165, 1.54) is 18.2 Å². The van der Waals surface area contributed by atoms with Gasteiger partial charge in [-0.3, -0.25) is 14.5 Å². The zero-order valence-corrected chi connectivity index (χ0v) is 17.8. The lowest BCUT2D eigenvalue weighted by atomic mass is 9.95. The Hall–Kier alpha value is -3.35. The van der Waals surface area contributed by atoms with Gasteiger partial charge in [0.1, 0.15) is 17.3 Å². The molecule has 0 bridgehead atoms. The summed E-state index contributed by atoms with van der Waals surface area (Å²) in [6, 6.07) is 15.4. The molecule has 1 amide bonds. The maximum Gasteiger partial charge on any atom is 0.301 e. The summed E-state index contributed by atoms with van der Waals surface area (Å²) < 4.78 is 5.21. The van der Waals surface area contributed by atoms with Gasteiger partial charge < -0.3 is 9.84 Å². The summed E-state index contributed by atoms with van der Waals surface area (Å²) in [5, 5.41) is 11.7. The highest BCUT2D eigenvalue weighted by molar-refractivity contribution is 6.51. The van der Waals surface area contributed by atoms with Crippen LogP contribution in [0.1, 0.15) is 17.2 Å². The summed E-state index contributed by atoms with van der Waals surface area (Å²) in [6.45, 7) is 0. The highest BCUT2D eigenvalue weighted by Crippen LogP contribution is 2.42. The van der Waals surface area contributed by atoms with Gasteiger partial charge in [0, 0.05) is 11.8 Å². The van der Waals surface area contributed by atoms with Gasteiger partial charge in [-0.1, -0.05) is 47.5 Å².